The van der Waals surface area contributed by atoms with E-state index in [0.717, 1.165) is 29.4 Å². The van der Waals surface area contributed by atoms with Gasteiger partial charge in [-0.15, -0.1) is 6.58 Å². The van der Waals surface area contributed by atoms with Crippen molar-refractivity contribution in [1.82, 2.24) is 0 Å². The molecule has 24 heavy (non-hydrogen) atoms. The Balaban J connectivity index is 1.44. The van der Waals surface area contributed by atoms with Gasteiger partial charge in [-0.1, -0.05) is 30.4 Å². The van der Waals surface area contributed by atoms with Gasteiger partial charge in [-0.25, -0.2) is 0 Å². The van der Waals surface area contributed by atoms with Crippen molar-refractivity contribution in [3.8, 4) is 5.75 Å². The number of methoxy groups -OCH3 is 1. The number of benzene rings is 1. The van der Waals surface area contributed by atoms with Crippen molar-refractivity contribution in [2.45, 2.75) is 57.3 Å². The molecule has 1 aromatic carbocycles. The monoisotopic (exact) mass is 324 g/mol. The molecule has 2 aliphatic rings. The van der Waals surface area contributed by atoms with Crippen LogP contribution in [0.15, 0.2) is 49.1 Å². The van der Waals surface area contributed by atoms with E-state index in [1.165, 1.54) is 56.9 Å². The summed E-state index contributed by atoms with van der Waals surface area (Å²) in [5.41, 5.74) is 1.49. The molecule has 0 atom stereocenters. The Kier molecular flexibility index (Phi) is 6.18. The molecule has 2 aliphatic carbocycles. The molecule has 130 valence electrons. The Morgan fingerprint density at radius 3 is 1.79 bits per heavy atom. The summed E-state index contributed by atoms with van der Waals surface area (Å²) in [6.45, 7) is 3.95. The maximum absolute atomic E-state index is 5.26. The fraction of sp³-hybridized carbons (Fsp3) is 0.565. The van der Waals surface area contributed by atoms with E-state index in [-0.39, 0.29) is 0 Å². The fourth-order valence-electron chi connectivity index (χ4n) is 4.41. The van der Waals surface area contributed by atoms with Gasteiger partial charge in [0.15, 0.2) is 0 Å². The Labute approximate surface area is 147 Å². The molecule has 1 aromatic rings. The largest absolute Gasteiger partial charge is 0.497 e. The molecule has 2 fully saturated rings. The van der Waals surface area contributed by atoms with Gasteiger partial charge in [0, 0.05) is 0 Å². The first-order valence-corrected chi connectivity index (χ1v) is 9.73. The van der Waals surface area contributed by atoms with Crippen LogP contribution in [0.25, 0.3) is 0 Å². The first-order valence-electron chi connectivity index (χ1n) is 9.73. The topological polar surface area (TPSA) is 9.23 Å². The summed E-state index contributed by atoms with van der Waals surface area (Å²) in [5, 5.41) is 0. The number of ether oxygens (including phenoxy) is 1. The zero-order valence-corrected chi connectivity index (χ0v) is 15.1. The molecule has 0 aromatic heterocycles. The first-order chi connectivity index (χ1) is 11.8. The van der Waals surface area contributed by atoms with Crippen LogP contribution in [-0.2, 0) is 0 Å². The predicted octanol–water partition coefficient (Wildman–Crippen LogP) is 6.52. The number of hydrogen-bond donors (Lipinski definition) is 0. The molecule has 0 heterocycles. The summed E-state index contributed by atoms with van der Waals surface area (Å²) < 4.78 is 5.26. The summed E-state index contributed by atoms with van der Waals surface area (Å²) in [5.74, 6) is 4.09. The molecule has 0 bridgehead atoms. The molecule has 1 heteroatoms. The summed E-state index contributed by atoms with van der Waals surface area (Å²) in [7, 11) is 1.73. The highest BCUT2D eigenvalue weighted by Gasteiger charge is 2.22. The molecule has 0 amide bonds. The van der Waals surface area contributed by atoms with Crippen LogP contribution in [0.4, 0.5) is 0 Å². The van der Waals surface area contributed by atoms with Gasteiger partial charge in [-0.3, -0.25) is 0 Å². The minimum absolute atomic E-state index is 0.739. The second-order valence-electron chi connectivity index (χ2n) is 7.68. The van der Waals surface area contributed by atoms with Crippen LogP contribution in [-0.4, -0.2) is 7.11 Å². The normalized spacial score (nSPS) is 31.0. The van der Waals surface area contributed by atoms with Gasteiger partial charge in [0.1, 0.15) is 5.75 Å². The maximum atomic E-state index is 5.26. The van der Waals surface area contributed by atoms with Crippen LogP contribution in [0.2, 0.25) is 0 Å². The number of hydrogen-bond acceptors (Lipinski definition) is 1. The van der Waals surface area contributed by atoms with E-state index in [1.54, 1.807) is 7.11 Å². The van der Waals surface area contributed by atoms with Crippen molar-refractivity contribution in [3.05, 3.63) is 54.6 Å². The van der Waals surface area contributed by atoms with E-state index in [0.29, 0.717) is 0 Å². The van der Waals surface area contributed by atoms with Crippen molar-refractivity contribution < 1.29 is 4.74 Å². The zero-order chi connectivity index (χ0) is 16.8. The minimum atomic E-state index is 0.739. The van der Waals surface area contributed by atoms with Crippen LogP contribution in [0.1, 0.15) is 62.8 Å². The molecule has 3 rings (SSSR count). The summed E-state index contributed by atoms with van der Waals surface area (Å²) in [4.78, 5) is 0. The summed E-state index contributed by atoms with van der Waals surface area (Å²) in [6, 6.07) is 8.69. The highest BCUT2D eigenvalue weighted by Crippen LogP contribution is 2.37. The Morgan fingerprint density at radius 2 is 1.29 bits per heavy atom. The molecular formula is C23H32O. The molecule has 0 unspecified atom stereocenters. The van der Waals surface area contributed by atoms with Crippen LogP contribution in [0.5, 0.6) is 5.75 Å². The second-order valence-corrected chi connectivity index (χ2v) is 7.68. The van der Waals surface area contributed by atoms with Crippen molar-refractivity contribution >= 4 is 0 Å². The highest BCUT2D eigenvalue weighted by atomic mass is 16.5. The standard InChI is InChI=1S/C23H32O/c1-3-18-4-6-19(7-5-18)8-9-20-10-12-21(13-11-20)22-14-16-23(24-2)17-15-22/h3,8-9,14-21H,1,4-7,10-13H2,2H3. The fourth-order valence-corrected chi connectivity index (χ4v) is 4.41. The SMILES string of the molecule is C=CC1CCC(C=CC2CCC(c3ccc(OC)cc3)CC2)CC1. The quantitative estimate of drug-likeness (QED) is 0.560. The van der Waals surface area contributed by atoms with E-state index in [1.807, 2.05) is 0 Å². The smallest absolute Gasteiger partial charge is 0.118 e. The van der Waals surface area contributed by atoms with E-state index in [2.05, 4.69) is 49.1 Å². The minimum Gasteiger partial charge on any atom is -0.497 e. The van der Waals surface area contributed by atoms with Crippen LogP contribution < -0.4 is 4.74 Å². The highest BCUT2D eigenvalue weighted by molar-refractivity contribution is 5.29. The van der Waals surface area contributed by atoms with Gasteiger partial charge in [-0.2, -0.15) is 0 Å². The molecule has 0 spiro atoms. The lowest BCUT2D eigenvalue weighted by Crippen LogP contribution is -2.13. The predicted molar refractivity (Wildman–Crippen MR) is 102 cm³/mol. The number of allylic oxidation sites excluding steroid dienone is 3. The molecule has 0 radical (unpaired) electrons. The molecular weight excluding hydrogens is 292 g/mol. The third kappa shape index (κ3) is 4.53. The summed E-state index contributed by atoms with van der Waals surface area (Å²) in [6.07, 6.45) is 18.0. The van der Waals surface area contributed by atoms with Crippen molar-refractivity contribution in [2.75, 3.05) is 7.11 Å². The second kappa shape index (κ2) is 8.55. The molecule has 2 saturated carbocycles. The van der Waals surface area contributed by atoms with E-state index in [4.69, 9.17) is 4.74 Å². The van der Waals surface area contributed by atoms with Gasteiger partial charge >= 0.3 is 0 Å². The van der Waals surface area contributed by atoms with Crippen molar-refractivity contribution in [3.63, 3.8) is 0 Å². The van der Waals surface area contributed by atoms with Crippen molar-refractivity contribution in [1.29, 1.82) is 0 Å². The maximum Gasteiger partial charge on any atom is 0.118 e. The lowest BCUT2D eigenvalue weighted by atomic mass is 9.77. The average Bonchev–Trinajstić information content (AvgIpc) is 2.67. The molecule has 0 aliphatic heterocycles. The third-order valence-electron chi connectivity index (χ3n) is 6.16. The molecule has 0 saturated heterocycles. The first kappa shape index (κ1) is 17.3. The Hall–Kier alpha value is -1.50. The van der Waals surface area contributed by atoms with E-state index in [9.17, 15) is 0 Å². The Morgan fingerprint density at radius 1 is 0.792 bits per heavy atom. The van der Waals surface area contributed by atoms with Gasteiger partial charge < -0.3 is 4.74 Å². The van der Waals surface area contributed by atoms with E-state index >= 15 is 0 Å². The average molecular weight is 325 g/mol. The van der Waals surface area contributed by atoms with Gasteiger partial charge in [0.2, 0.25) is 0 Å². The lowest BCUT2D eigenvalue weighted by molar-refractivity contribution is 0.349. The zero-order valence-electron chi connectivity index (χ0n) is 15.1. The number of rotatable bonds is 5. The van der Waals surface area contributed by atoms with E-state index < -0.39 is 0 Å². The van der Waals surface area contributed by atoms with Crippen LogP contribution in [0.3, 0.4) is 0 Å². The van der Waals surface area contributed by atoms with Gasteiger partial charge in [-0.05, 0) is 92.7 Å². The molecule has 1 nitrogen and oxygen atoms in total. The third-order valence-corrected chi connectivity index (χ3v) is 6.16. The van der Waals surface area contributed by atoms with Crippen LogP contribution in [0, 0.1) is 17.8 Å². The summed E-state index contributed by atoms with van der Waals surface area (Å²) >= 11 is 0. The lowest BCUT2D eigenvalue weighted by Gasteiger charge is -2.28. The van der Waals surface area contributed by atoms with Crippen molar-refractivity contribution in [2.24, 2.45) is 17.8 Å². The van der Waals surface area contributed by atoms with Gasteiger partial charge in [0.25, 0.3) is 0 Å². The van der Waals surface area contributed by atoms with Crippen LogP contribution >= 0.6 is 0 Å². The molecule has 0 N–H and O–H groups in total. The van der Waals surface area contributed by atoms with Gasteiger partial charge in [0.05, 0.1) is 7.11 Å². The Bertz CT molecular complexity index is 526.